The van der Waals surface area contributed by atoms with Crippen LogP contribution in [0.25, 0.3) is 22.3 Å². The molecule has 0 radical (unpaired) electrons. The molecule has 3 aromatic carbocycles. The highest BCUT2D eigenvalue weighted by Crippen LogP contribution is 2.44. The topological polar surface area (TPSA) is 40.5 Å². The van der Waals surface area contributed by atoms with Gasteiger partial charge in [0, 0.05) is 16.7 Å². The van der Waals surface area contributed by atoms with Gasteiger partial charge in [-0.1, -0.05) is 60.7 Å². The van der Waals surface area contributed by atoms with Gasteiger partial charge in [-0.15, -0.1) is 0 Å². The molecule has 21 heavy (non-hydrogen) atoms. The van der Waals surface area contributed by atoms with Crippen molar-refractivity contribution in [2.75, 3.05) is 0 Å². The second-order valence-electron chi connectivity index (χ2n) is 5.02. The average molecular weight is 276 g/mol. The zero-order valence-electron chi connectivity index (χ0n) is 11.7. The SMILES string of the molecule is Cc1c(O)cc(-c2ccccc2)c(O)c1-c1ccccc1. The molecule has 2 nitrogen and oxygen atoms in total. The van der Waals surface area contributed by atoms with E-state index in [-0.39, 0.29) is 11.5 Å². The van der Waals surface area contributed by atoms with E-state index < -0.39 is 0 Å². The fraction of sp³-hybridized carbons (Fsp3) is 0.0526. The fourth-order valence-electron chi connectivity index (χ4n) is 2.55. The van der Waals surface area contributed by atoms with E-state index in [2.05, 4.69) is 0 Å². The molecule has 0 aliphatic heterocycles. The summed E-state index contributed by atoms with van der Waals surface area (Å²) in [6.07, 6.45) is 0. The number of aromatic hydroxyl groups is 2. The second kappa shape index (κ2) is 5.33. The molecule has 0 spiro atoms. The number of phenolic OH excluding ortho intramolecular Hbond substituents is 2. The Balaban J connectivity index is 2.29. The number of benzene rings is 3. The Morgan fingerprint density at radius 3 is 1.81 bits per heavy atom. The maximum atomic E-state index is 10.7. The molecule has 0 saturated heterocycles. The maximum Gasteiger partial charge on any atom is 0.131 e. The van der Waals surface area contributed by atoms with E-state index in [4.69, 9.17) is 0 Å². The molecule has 0 bridgehead atoms. The number of rotatable bonds is 2. The monoisotopic (exact) mass is 276 g/mol. The van der Waals surface area contributed by atoms with Crippen LogP contribution in [0.5, 0.6) is 11.5 Å². The van der Waals surface area contributed by atoms with Crippen LogP contribution in [-0.2, 0) is 0 Å². The lowest BCUT2D eigenvalue weighted by Gasteiger charge is -2.15. The third-order valence-electron chi connectivity index (χ3n) is 3.68. The summed E-state index contributed by atoms with van der Waals surface area (Å²) >= 11 is 0. The van der Waals surface area contributed by atoms with Crippen LogP contribution in [0.4, 0.5) is 0 Å². The van der Waals surface area contributed by atoms with Crippen molar-refractivity contribution >= 4 is 0 Å². The average Bonchev–Trinajstić information content (AvgIpc) is 2.53. The van der Waals surface area contributed by atoms with Gasteiger partial charge >= 0.3 is 0 Å². The summed E-state index contributed by atoms with van der Waals surface area (Å²) in [5.41, 5.74) is 3.76. The highest BCUT2D eigenvalue weighted by molar-refractivity contribution is 5.86. The lowest BCUT2D eigenvalue weighted by atomic mass is 9.93. The van der Waals surface area contributed by atoms with Crippen molar-refractivity contribution in [1.82, 2.24) is 0 Å². The Morgan fingerprint density at radius 2 is 1.24 bits per heavy atom. The van der Waals surface area contributed by atoms with Crippen molar-refractivity contribution in [3.8, 4) is 33.8 Å². The lowest BCUT2D eigenvalue weighted by Crippen LogP contribution is -1.89. The van der Waals surface area contributed by atoms with Gasteiger partial charge in [-0.05, 0) is 24.1 Å². The Kier molecular flexibility index (Phi) is 3.36. The van der Waals surface area contributed by atoms with Crippen molar-refractivity contribution in [3.05, 3.63) is 72.3 Å². The minimum absolute atomic E-state index is 0.186. The van der Waals surface area contributed by atoms with Crippen LogP contribution in [0.2, 0.25) is 0 Å². The van der Waals surface area contributed by atoms with Crippen molar-refractivity contribution in [1.29, 1.82) is 0 Å². The molecular weight excluding hydrogens is 260 g/mol. The molecule has 2 heteroatoms. The van der Waals surface area contributed by atoms with Crippen LogP contribution in [0.15, 0.2) is 66.7 Å². The van der Waals surface area contributed by atoms with Gasteiger partial charge in [-0.3, -0.25) is 0 Å². The maximum absolute atomic E-state index is 10.7. The van der Waals surface area contributed by atoms with Crippen LogP contribution in [0.3, 0.4) is 0 Å². The van der Waals surface area contributed by atoms with Crippen molar-refractivity contribution < 1.29 is 10.2 Å². The molecule has 104 valence electrons. The summed E-state index contributed by atoms with van der Waals surface area (Å²) in [6.45, 7) is 1.81. The minimum Gasteiger partial charge on any atom is -0.508 e. The van der Waals surface area contributed by atoms with Gasteiger partial charge in [-0.2, -0.15) is 0 Å². The molecule has 0 saturated carbocycles. The van der Waals surface area contributed by atoms with E-state index in [0.29, 0.717) is 16.7 Å². The predicted molar refractivity (Wildman–Crippen MR) is 85.4 cm³/mol. The van der Waals surface area contributed by atoms with Crippen molar-refractivity contribution in [2.45, 2.75) is 6.92 Å². The van der Waals surface area contributed by atoms with Crippen LogP contribution in [0.1, 0.15) is 5.56 Å². The highest BCUT2D eigenvalue weighted by Gasteiger charge is 2.17. The molecule has 2 N–H and O–H groups in total. The van der Waals surface area contributed by atoms with Gasteiger partial charge in [0.15, 0.2) is 0 Å². The summed E-state index contributed by atoms with van der Waals surface area (Å²) in [7, 11) is 0. The molecule has 3 rings (SSSR count). The Labute approximate surface area is 123 Å². The van der Waals surface area contributed by atoms with Gasteiger partial charge in [-0.25, -0.2) is 0 Å². The van der Waals surface area contributed by atoms with Crippen molar-refractivity contribution in [3.63, 3.8) is 0 Å². The predicted octanol–water partition coefficient (Wildman–Crippen LogP) is 4.74. The molecule has 0 aromatic heterocycles. The quantitative estimate of drug-likeness (QED) is 0.664. The van der Waals surface area contributed by atoms with Gasteiger partial charge in [0.25, 0.3) is 0 Å². The van der Waals surface area contributed by atoms with E-state index in [0.717, 1.165) is 11.1 Å². The van der Waals surface area contributed by atoms with E-state index >= 15 is 0 Å². The number of phenols is 2. The Bertz CT molecular complexity index is 763. The smallest absolute Gasteiger partial charge is 0.131 e. The van der Waals surface area contributed by atoms with Gasteiger partial charge in [0.2, 0.25) is 0 Å². The van der Waals surface area contributed by atoms with Crippen LogP contribution in [-0.4, -0.2) is 10.2 Å². The second-order valence-corrected chi connectivity index (χ2v) is 5.02. The first kappa shape index (κ1) is 13.3. The van der Waals surface area contributed by atoms with Crippen molar-refractivity contribution in [2.24, 2.45) is 0 Å². The zero-order chi connectivity index (χ0) is 14.8. The van der Waals surface area contributed by atoms with Crippen LogP contribution in [0, 0.1) is 6.92 Å². The zero-order valence-corrected chi connectivity index (χ0v) is 11.7. The molecule has 0 heterocycles. The molecule has 0 unspecified atom stereocenters. The molecule has 0 fully saturated rings. The molecule has 0 amide bonds. The molecule has 0 aliphatic carbocycles. The normalized spacial score (nSPS) is 10.5. The van der Waals surface area contributed by atoms with E-state index in [1.165, 1.54) is 0 Å². The van der Waals surface area contributed by atoms with Crippen LogP contribution < -0.4 is 0 Å². The molecule has 3 aromatic rings. The van der Waals surface area contributed by atoms with E-state index in [9.17, 15) is 10.2 Å². The summed E-state index contributed by atoms with van der Waals surface area (Å²) in [5.74, 6) is 0.383. The summed E-state index contributed by atoms with van der Waals surface area (Å²) in [4.78, 5) is 0. The number of hydrogen-bond donors (Lipinski definition) is 2. The fourth-order valence-corrected chi connectivity index (χ4v) is 2.55. The summed E-state index contributed by atoms with van der Waals surface area (Å²) < 4.78 is 0. The first-order chi connectivity index (χ1) is 10.2. The first-order valence-electron chi connectivity index (χ1n) is 6.85. The van der Waals surface area contributed by atoms with E-state index in [1.54, 1.807) is 6.07 Å². The largest absolute Gasteiger partial charge is 0.508 e. The molecular formula is C19H16O2. The Morgan fingerprint density at radius 1 is 0.714 bits per heavy atom. The summed E-state index contributed by atoms with van der Waals surface area (Å²) in [5, 5.41) is 20.9. The highest BCUT2D eigenvalue weighted by atomic mass is 16.3. The van der Waals surface area contributed by atoms with E-state index in [1.807, 2.05) is 67.6 Å². The van der Waals surface area contributed by atoms with Gasteiger partial charge in [0.05, 0.1) is 0 Å². The van der Waals surface area contributed by atoms with Gasteiger partial charge < -0.3 is 10.2 Å². The molecule has 0 atom stereocenters. The minimum atomic E-state index is 0.186. The number of hydrogen-bond acceptors (Lipinski definition) is 2. The van der Waals surface area contributed by atoms with Gasteiger partial charge in [0.1, 0.15) is 11.5 Å². The third kappa shape index (κ3) is 2.36. The molecule has 0 aliphatic rings. The summed E-state index contributed by atoms with van der Waals surface area (Å²) in [6, 6.07) is 20.8. The Hall–Kier alpha value is -2.74. The third-order valence-corrected chi connectivity index (χ3v) is 3.68. The first-order valence-corrected chi connectivity index (χ1v) is 6.85. The lowest BCUT2D eigenvalue weighted by molar-refractivity contribution is 0.460. The standard InChI is InChI=1S/C19H16O2/c1-13-17(20)12-16(14-8-4-2-5-9-14)19(21)18(13)15-10-6-3-7-11-15/h2-12,20-21H,1H3. The van der Waals surface area contributed by atoms with Crippen LogP contribution >= 0.6 is 0 Å².